The van der Waals surface area contributed by atoms with Gasteiger partial charge >= 0.3 is 10.4 Å². The van der Waals surface area contributed by atoms with Gasteiger partial charge < -0.3 is 10.2 Å². The molecule has 0 fully saturated rings. The number of hydrogen-bond acceptors (Lipinski definition) is 4. The molecule has 0 aliphatic heterocycles. The van der Waals surface area contributed by atoms with Crippen molar-refractivity contribution in [1.29, 1.82) is 0 Å². The molecule has 0 aliphatic rings. The van der Waals surface area contributed by atoms with E-state index in [4.69, 9.17) is 50.9 Å². The summed E-state index contributed by atoms with van der Waals surface area (Å²) in [5, 5.41) is 17.3. The molecule has 13 heavy (non-hydrogen) atoms. The van der Waals surface area contributed by atoms with Crippen LogP contribution in [0.4, 0.5) is 0 Å². The van der Waals surface area contributed by atoms with Crippen molar-refractivity contribution in [2.75, 3.05) is 11.8 Å². The van der Waals surface area contributed by atoms with E-state index in [9.17, 15) is 0 Å². The zero-order valence-electron chi connectivity index (χ0n) is 6.34. The summed E-state index contributed by atoms with van der Waals surface area (Å²) in [4.78, 5) is 0. The Morgan fingerprint density at radius 2 is 1.15 bits per heavy atom. The lowest BCUT2D eigenvalue weighted by Crippen LogP contribution is -2.28. The summed E-state index contributed by atoms with van der Waals surface area (Å²) >= 11 is 10.3. The van der Waals surface area contributed by atoms with Gasteiger partial charge in [-0.05, 0) is 0 Å². The van der Waals surface area contributed by atoms with Gasteiger partial charge in [-0.3, -0.25) is 9.11 Å². The lowest BCUT2D eigenvalue weighted by molar-refractivity contribution is 0.0483. The second-order valence-corrected chi connectivity index (χ2v) is 3.40. The van der Waals surface area contributed by atoms with Crippen LogP contribution in [0.2, 0.25) is 0 Å². The highest BCUT2D eigenvalue weighted by molar-refractivity contribution is 7.79. The lowest BCUT2D eigenvalue weighted by Gasteiger charge is -2.10. The predicted molar refractivity (Wildman–Crippen MR) is 47.6 cm³/mol. The Morgan fingerprint density at radius 1 is 1.00 bits per heavy atom. The van der Waals surface area contributed by atoms with Crippen LogP contribution in [-0.4, -0.2) is 51.7 Å². The normalized spacial score (nSPS) is 15.5. The molecule has 0 unspecified atom stereocenters. The van der Waals surface area contributed by atoms with E-state index in [-0.39, 0.29) is 11.8 Å². The standard InChI is InChI=1S/C4H8Cl2O2.H2O4S/c5-1-3(7)4(8)2-6;1-5(2,3)4/h3-4,7-8H,1-2H2;(H2,1,2,3,4)/t3-,4-;/m1./s1. The summed E-state index contributed by atoms with van der Waals surface area (Å²) in [5.41, 5.74) is 0. The van der Waals surface area contributed by atoms with Crippen LogP contribution in [0.25, 0.3) is 0 Å². The second-order valence-electron chi connectivity index (χ2n) is 1.89. The fraction of sp³-hybridized carbons (Fsp3) is 1.00. The first kappa shape index (κ1) is 15.8. The number of aliphatic hydroxyl groups is 2. The molecule has 0 aromatic heterocycles. The molecule has 0 amide bonds. The van der Waals surface area contributed by atoms with Crippen molar-refractivity contribution in [3.63, 3.8) is 0 Å². The van der Waals surface area contributed by atoms with Gasteiger partial charge in [0.1, 0.15) is 0 Å². The molecular formula is C4H10Cl2O6S. The van der Waals surface area contributed by atoms with E-state index >= 15 is 0 Å². The molecule has 0 saturated heterocycles. The summed E-state index contributed by atoms with van der Waals surface area (Å²) in [6.07, 6.45) is -1.79. The molecule has 0 saturated carbocycles. The zero-order valence-corrected chi connectivity index (χ0v) is 8.67. The van der Waals surface area contributed by atoms with Crippen LogP contribution in [0.1, 0.15) is 0 Å². The first-order chi connectivity index (χ1) is 5.72. The molecule has 0 rings (SSSR count). The van der Waals surface area contributed by atoms with Crippen molar-refractivity contribution in [2.45, 2.75) is 12.2 Å². The maximum Gasteiger partial charge on any atom is 0.394 e. The van der Waals surface area contributed by atoms with Gasteiger partial charge in [-0.15, -0.1) is 23.2 Å². The zero-order chi connectivity index (χ0) is 11.1. The molecule has 0 radical (unpaired) electrons. The number of halogens is 2. The number of rotatable bonds is 3. The van der Waals surface area contributed by atoms with E-state index in [1.165, 1.54) is 0 Å². The third kappa shape index (κ3) is 19.0. The van der Waals surface area contributed by atoms with Crippen LogP contribution < -0.4 is 0 Å². The fourth-order valence-corrected chi connectivity index (χ4v) is 0.617. The van der Waals surface area contributed by atoms with Crippen molar-refractivity contribution in [3.8, 4) is 0 Å². The molecule has 0 heterocycles. The van der Waals surface area contributed by atoms with E-state index in [1.54, 1.807) is 0 Å². The second kappa shape index (κ2) is 7.74. The Bertz CT molecular complexity index is 189. The van der Waals surface area contributed by atoms with Crippen LogP contribution in [0.15, 0.2) is 0 Å². The summed E-state index contributed by atoms with van der Waals surface area (Å²) < 4.78 is 31.6. The van der Waals surface area contributed by atoms with Crippen LogP contribution in [-0.2, 0) is 10.4 Å². The molecule has 0 bridgehead atoms. The van der Waals surface area contributed by atoms with Gasteiger partial charge in [-0.1, -0.05) is 0 Å². The first-order valence-electron chi connectivity index (χ1n) is 2.90. The average molecular weight is 257 g/mol. The quantitative estimate of drug-likeness (QED) is 0.401. The minimum Gasteiger partial charge on any atom is -0.389 e. The number of aliphatic hydroxyl groups excluding tert-OH is 2. The third-order valence-corrected chi connectivity index (χ3v) is 1.39. The summed E-state index contributed by atoms with van der Waals surface area (Å²) in [7, 11) is -4.67. The minimum absolute atomic E-state index is 0.0217. The largest absolute Gasteiger partial charge is 0.394 e. The Balaban J connectivity index is 0. The predicted octanol–water partition coefficient (Wildman–Crippen LogP) is -0.467. The van der Waals surface area contributed by atoms with Crippen molar-refractivity contribution < 1.29 is 27.7 Å². The van der Waals surface area contributed by atoms with Gasteiger partial charge in [0.15, 0.2) is 0 Å². The van der Waals surface area contributed by atoms with E-state index in [1.807, 2.05) is 0 Å². The van der Waals surface area contributed by atoms with Crippen LogP contribution in [0.3, 0.4) is 0 Å². The molecule has 4 N–H and O–H groups in total. The average Bonchev–Trinajstić information content (AvgIpc) is 1.98. The van der Waals surface area contributed by atoms with Crippen LogP contribution in [0, 0.1) is 0 Å². The summed E-state index contributed by atoms with van der Waals surface area (Å²) in [6, 6.07) is 0. The maximum atomic E-state index is 8.74. The third-order valence-electron chi connectivity index (χ3n) is 0.760. The van der Waals surface area contributed by atoms with E-state index < -0.39 is 22.6 Å². The summed E-state index contributed by atoms with van der Waals surface area (Å²) in [6.45, 7) is 0. The Morgan fingerprint density at radius 3 is 1.23 bits per heavy atom. The smallest absolute Gasteiger partial charge is 0.389 e. The summed E-state index contributed by atoms with van der Waals surface area (Å²) in [5.74, 6) is 0.0434. The van der Waals surface area contributed by atoms with Crippen molar-refractivity contribution in [2.24, 2.45) is 0 Å². The lowest BCUT2D eigenvalue weighted by atomic mass is 10.3. The van der Waals surface area contributed by atoms with Crippen LogP contribution >= 0.6 is 23.2 Å². The Labute approximate surface area is 85.7 Å². The van der Waals surface area contributed by atoms with E-state index in [2.05, 4.69) is 0 Å². The highest BCUT2D eigenvalue weighted by Gasteiger charge is 2.12. The molecule has 0 aromatic rings. The molecule has 6 nitrogen and oxygen atoms in total. The van der Waals surface area contributed by atoms with E-state index in [0.717, 1.165) is 0 Å². The van der Waals surface area contributed by atoms with Crippen molar-refractivity contribution in [1.82, 2.24) is 0 Å². The Kier molecular flexibility index (Phi) is 9.43. The first-order valence-corrected chi connectivity index (χ1v) is 5.37. The van der Waals surface area contributed by atoms with Crippen molar-refractivity contribution >= 4 is 33.6 Å². The van der Waals surface area contributed by atoms with Crippen LogP contribution in [0.5, 0.6) is 0 Å². The van der Waals surface area contributed by atoms with Gasteiger partial charge in [-0.2, -0.15) is 8.42 Å². The molecule has 0 spiro atoms. The monoisotopic (exact) mass is 256 g/mol. The Hall–Kier alpha value is 0.370. The van der Waals surface area contributed by atoms with Gasteiger partial charge in [-0.25, -0.2) is 0 Å². The molecule has 9 heteroatoms. The number of hydrogen-bond donors (Lipinski definition) is 4. The topological polar surface area (TPSA) is 115 Å². The highest BCUT2D eigenvalue weighted by Crippen LogP contribution is 1.97. The fourth-order valence-electron chi connectivity index (χ4n) is 0.206. The highest BCUT2D eigenvalue weighted by atomic mass is 35.5. The molecular weight excluding hydrogens is 247 g/mol. The van der Waals surface area contributed by atoms with Gasteiger partial charge in [0, 0.05) is 0 Å². The molecule has 2 atom stereocenters. The minimum atomic E-state index is -4.67. The van der Waals surface area contributed by atoms with Crippen molar-refractivity contribution in [3.05, 3.63) is 0 Å². The van der Waals surface area contributed by atoms with Gasteiger partial charge in [0.25, 0.3) is 0 Å². The molecule has 0 aliphatic carbocycles. The van der Waals surface area contributed by atoms with Gasteiger partial charge in [0.05, 0.1) is 24.0 Å². The van der Waals surface area contributed by atoms with Gasteiger partial charge in [0.2, 0.25) is 0 Å². The molecule has 82 valence electrons. The molecule has 0 aromatic carbocycles. The number of alkyl halides is 2. The maximum absolute atomic E-state index is 8.74. The van der Waals surface area contributed by atoms with E-state index in [0.29, 0.717) is 0 Å². The SMILES string of the molecule is O=S(=O)(O)O.O[C@H](CCl)[C@H](O)CCl.